The maximum atomic E-state index is 2.51. The molecule has 6 rings (SSSR count). The van der Waals surface area contributed by atoms with Gasteiger partial charge in [0, 0.05) is 34.4 Å². The van der Waals surface area contributed by atoms with Crippen molar-refractivity contribution < 1.29 is 4.57 Å². The number of imidazole rings is 1. The van der Waals surface area contributed by atoms with Gasteiger partial charge in [0.05, 0.1) is 12.4 Å². The summed E-state index contributed by atoms with van der Waals surface area (Å²) in [6, 6.07) is 24.6. The highest BCUT2D eigenvalue weighted by atomic mass is 15.1. The molecule has 36 heavy (non-hydrogen) atoms. The van der Waals surface area contributed by atoms with Crippen molar-refractivity contribution >= 4 is 27.3 Å². The van der Waals surface area contributed by atoms with E-state index in [4.69, 9.17) is 0 Å². The van der Waals surface area contributed by atoms with Gasteiger partial charge in [-0.3, -0.25) is 0 Å². The van der Waals surface area contributed by atoms with Gasteiger partial charge < -0.3 is 4.57 Å². The Morgan fingerprint density at radius 3 is 2.08 bits per heavy atom. The van der Waals surface area contributed by atoms with Crippen LogP contribution in [-0.2, 0) is 7.05 Å². The summed E-state index contributed by atoms with van der Waals surface area (Å²) in [5.41, 5.74) is 10.4. The number of hydrogen-bond acceptors (Lipinski definition) is 0. The van der Waals surface area contributed by atoms with E-state index in [1.54, 1.807) is 0 Å². The maximum absolute atomic E-state index is 2.51. The number of hydrogen-bond donors (Lipinski definition) is 0. The molecule has 3 aromatic carbocycles. The third kappa shape index (κ3) is 3.30. The number of nitrogens with zero attached hydrogens (tertiary/aromatic N) is 3. The summed E-state index contributed by atoms with van der Waals surface area (Å²) in [6.45, 7) is 11.5. The number of pyridine rings is 1. The Morgan fingerprint density at radius 1 is 0.750 bits per heavy atom. The second kappa shape index (κ2) is 8.37. The molecular weight excluding hydrogens is 438 g/mol. The van der Waals surface area contributed by atoms with E-state index >= 15 is 0 Å². The standard InChI is InChI=1S/C33H34N3/c1-21(2)25-12-10-13-26(22(3)4)32(25)30-20-34(6)33-31-23(5)11-9-14-27(31)28-19-24(35-17-7-8-18-35)15-16-29(28)36(30)33/h7-22H,1-6H3/q+1. The number of rotatable bonds is 4. The lowest BCUT2D eigenvalue weighted by Crippen LogP contribution is -2.26. The van der Waals surface area contributed by atoms with Crippen LogP contribution in [0.3, 0.4) is 0 Å². The Balaban J connectivity index is 1.84. The summed E-state index contributed by atoms with van der Waals surface area (Å²) >= 11 is 0. The fourth-order valence-electron chi connectivity index (χ4n) is 5.92. The number of benzene rings is 3. The average molecular weight is 473 g/mol. The maximum Gasteiger partial charge on any atom is 0.295 e. The summed E-state index contributed by atoms with van der Waals surface area (Å²) in [7, 11) is 2.19. The zero-order chi connectivity index (χ0) is 25.1. The van der Waals surface area contributed by atoms with Crippen LogP contribution in [0.1, 0.15) is 56.2 Å². The highest BCUT2D eigenvalue weighted by Gasteiger charge is 2.28. The quantitative estimate of drug-likeness (QED) is 0.182. The molecule has 0 N–H and O–H groups in total. The van der Waals surface area contributed by atoms with Crippen LogP contribution in [0, 0.1) is 6.92 Å². The molecule has 0 atom stereocenters. The molecule has 0 aliphatic carbocycles. The van der Waals surface area contributed by atoms with Crippen molar-refractivity contribution in [2.75, 3.05) is 0 Å². The van der Waals surface area contributed by atoms with Gasteiger partial charge in [0.15, 0.2) is 5.69 Å². The topological polar surface area (TPSA) is 13.2 Å². The van der Waals surface area contributed by atoms with E-state index in [0.717, 1.165) is 0 Å². The molecule has 0 aliphatic rings. The third-order valence-electron chi connectivity index (χ3n) is 7.64. The molecule has 0 unspecified atom stereocenters. The minimum Gasteiger partial charge on any atom is -0.324 e. The normalized spacial score (nSPS) is 12.1. The van der Waals surface area contributed by atoms with E-state index in [0.29, 0.717) is 11.8 Å². The molecule has 3 heteroatoms. The molecule has 3 heterocycles. The predicted molar refractivity (Wildman–Crippen MR) is 151 cm³/mol. The van der Waals surface area contributed by atoms with Crippen molar-refractivity contribution in [2.24, 2.45) is 7.05 Å². The van der Waals surface area contributed by atoms with Gasteiger partial charge >= 0.3 is 0 Å². The molecule has 0 radical (unpaired) electrons. The molecule has 180 valence electrons. The van der Waals surface area contributed by atoms with E-state index in [-0.39, 0.29) is 0 Å². The number of aryl methyl sites for hydroxylation is 2. The first-order valence-electron chi connectivity index (χ1n) is 13.0. The summed E-state index contributed by atoms with van der Waals surface area (Å²) in [5.74, 6) is 0.867. The Hall–Kier alpha value is -3.85. The highest BCUT2D eigenvalue weighted by Crippen LogP contribution is 2.40. The summed E-state index contributed by atoms with van der Waals surface area (Å²) in [4.78, 5) is 0. The van der Waals surface area contributed by atoms with Gasteiger partial charge in [0.1, 0.15) is 11.7 Å². The molecule has 0 aliphatic heterocycles. The van der Waals surface area contributed by atoms with Crippen LogP contribution in [0.25, 0.3) is 44.3 Å². The minimum absolute atomic E-state index is 0.434. The Bertz CT molecular complexity index is 1720. The average Bonchev–Trinajstić information content (AvgIpc) is 3.52. The molecule has 0 amide bonds. The lowest BCUT2D eigenvalue weighted by molar-refractivity contribution is -0.643. The van der Waals surface area contributed by atoms with Gasteiger partial charge in [-0.05, 0) is 65.8 Å². The summed E-state index contributed by atoms with van der Waals surface area (Å²) in [5, 5.41) is 3.89. The van der Waals surface area contributed by atoms with Crippen molar-refractivity contribution in [3.05, 3.63) is 102 Å². The Morgan fingerprint density at radius 2 is 1.42 bits per heavy atom. The molecule has 0 saturated carbocycles. The second-order valence-electron chi connectivity index (χ2n) is 10.7. The molecule has 3 aromatic heterocycles. The molecular formula is C33H34N3+. The zero-order valence-electron chi connectivity index (χ0n) is 22.1. The predicted octanol–water partition coefficient (Wildman–Crippen LogP) is 8.08. The van der Waals surface area contributed by atoms with Crippen molar-refractivity contribution in [1.29, 1.82) is 0 Å². The largest absolute Gasteiger partial charge is 0.324 e. The summed E-state index contributed by atoms with van der Waals surface area (Å²) < 4.78 is 7.02. The Kier molecular flexibility index (Phi) is 5.26. The number of fused-ring (bicyclic) bond motifs is 6. The smallest absolute Gasteiger partial charge is 0.295 e. The van der Waals surface area contributed by atoms with E-state index in [2.05, 4.69) is 141 Å². The van der Waals surface area contributed by atoms with Gasteiger partial charge in [0.25, 0.3) is 5.65 Å². The van der Waals surface area contributed by atoms with Gasteiger partial charge in [-0.15, -0.1) is 0 Å². The molecule has 0 saturated heterocycles. The van der Waals surface area contributed by atoms with Crippen molar-refractivity contribution in [2.45, 2.75) is 46.5 Å². The third-order valence-corrected chi connectivity index (χ3v) is 7.64. The van der Waals surface area contributed by atoms with Crippen molar-refractivity contribution in [3.8, 4) is 16.9 Å². The van der Waals surface area contributed by atoms with Crippen molar-refractivity contribution in [3.63, 3.8) is 0 Å². The molecule has 6 aromatic rings. The first-order valence-corrected chi connectivity index (χ1v) is 13.0. The van der Waals surface area contributed by atoms with Crippen LogP contribution in [0.5, 0.6) is 0 Å². The van der Waals surface area contributed by atoms with Gasteiger partial charge in [0.2, 0.25) is 0 Å². The van der Waals surface area contributed by atoms with Crippen LogP contribution in [0.2, 0.25) is 0 Å². The highest BCUT2D eigenvalue weighted by molar-refractivity contribution is 6.13. The van der Waals surface area contributed by atoms with Crippen LogP contribution in [0.15, 0.2) is 85.3 Å². The SMILES string of the molecule is Cc1cccc2c3cc(-n4cccc4)ccc3n3c(-c4c(C(C)C)cccc4C(C)C)c[n+](C)c3c12. The van der Waals surface area contributed by atoms with Gasteiger partial charge in [-0.1, -0.05) is 64.1 Å². The lowest BCUT2D eigenvalue weighted by atomic mass is 9.87. The van der Waals surface area contributed by atoms with E-state index in [1.807, 2.05) is 0 Å². The zero-order valence-corrected chi connectivity index (χ0v) is 22.1. The molecule has 0 fully saturated rings. The fourth-order valence-corrected chi connectivity index (χ4v) is 5.92. The van der Waals surface area contributed by atoms with Gasteiger partial charge in [-0.2, -0.15) is 4.40 Å². The van der Waals surface area contributed by atoms with Crippen LogP contribution >= 0.6 is 0 Å². The van der Waals surface area contributed by atoms with Crippen LogP contribution < -0.4 is 4.57 Å². The first-order chi connectivity index (χ1) is 17.4. The van der Waals surface area contributed by atoms with Crippen LogP contribution in [-0.4, -0.2) is 8.97 Å². The minimum atomic E-state index is 0.434. The lowest BCUT2D eigenvalue weighted by Gasteiger charge is -2.18. The molecule has 3 nitrogen and oxygen atoms in total. The van der Waals surface area contributed by atoms with E-state index < -0.39 is 0 Å². The van der Waals surface area contributed by atoms with E-state index in [1.165, 1.54) is 61.0 Å². The first kappa shape index (κ1) is 22.6. The fraction of sp³-hybridized carbons (Fsp3) is 0.242. The van der Waals surface area contributed by atoms with Crippen LogP contribution in [0.4, 0.5) is 0 Å². The van der Waals surface area contributed by atoms with Gasteiger partial charge in [-0.25, -0.2) is 4.57 Å². The summed E-state index contributed by atoms with van der Waals surface area (Å²) in [6.07, 6.45) is 6.57. The Labute approximate surface area is 213 Å². The van der Waals surface area contributed by atoms with Crippen molar-refractivity contribution in [1.82, 2.24) is 8.97 Å². The molecule has 0 spiro atoms. The number of aromatic nitrogens is 3. The second-order valence-corrected chi connectivity index (χ2v) is 10.7. The molecule has 0 bridgehead atoms. The monoisotopic (exact) mass is 472 g/mol. The van der Waals surface area contributed by atoms with E-state index in [9.17, 15) is 0 Å².